The van der Waals surface area contributed by atoms with E-state index in [0.717, 1.165) is 17.3 Å². The minimum atomic E-state index is -0.953. The molecule has 0 aromatic heterocycles. The van der Waals surface area contributed by atoms with Gasteiger partial charge in [-0.05, 0) is 37.5 Å². The quantitative estimate of drug-likeness (QED) is 0.918. The Morgan fingerprint density at radius 2 is 2.20 bits per heavy atom. The number of carboxylic acids is 1. The maximum atomic E-state index is 11.0. The number of benzene rings is 1. The van der Waals surface area contributed by atoms with Gasteiger partial charge in [0.05, 0.1) is 6.10 Å². The molecule has 1 aliphatic carbocycles. The normalized spacial score (nSPS) is 15.8. The molecule has 80 valence electrons. The van der Waals surface area contributed by atoms with Crippen molar-refractivity contribution < 1.29 is 14.6 Å². The summed E-state index contributed by atoms with van der Waals surface area (Å²) < 4.78 is 6.35. The van der Waals surface area contributed by atoms with Gasteiger partial charge >= 0.3 is 5.97 Å². The van der Waals surface area contributed by atoms with Gasteiger partial charge in [-0.3, -0.25) is 0 Å². The number of aromatic carboxylic acids is 1. The Bertz CT molecular complexity index is 385. The lowest BCUT2D eigenvalue weighted by Crippen LogP contribution is -2.25. The molecule has 0 unspecified atom stereocenters. The molecule has 1 N–H and O–H groups in total. The molecule has 0 bridgehead atoms. The molecule has 0 heterocycles. The predicted octanol–water partition coefficient (Wildman–Crippen LogP) is 3.08. The number of hydrogen-bond donors (Lipinski definition) is 1. The van der Waals surface area contributed by atoms with Crippen LogP contribution in [0.15, 0.2) is 22.7 Å². The number of halogens is 1. The Morgan fingerprint density at radius 1 is 1.47 bits per heavy atom. The van der Waals surface area contributed by atoms with Gasteiger partial charge in [-0.2, -0.15) is 0 Å². The van der Waals surface area contributed by atoms with Crippen LogP contribution in [0.3, 0.4) is 0 Å². The van der Waals surface area contributed by atoms with Crippen LogP contribution in [-0.4, -0.2) is 17.2 Å². The molecule has 4 heteroatoms. The fraction of sp³-hybridized carbons (Fsp3) is 0.364. The first-order valence-electron chi connectivity index (χ1n) is 4.86. The Balaban J connectivity index is 2.23. The largest absolute Gasteiger partial charge is 0.490 e. The highest BCUT2D eigenvalue weighted by Gasteiger charge is 2.21. The molecule has 15 heavy (non-hydrogen) atoms. The van der Waals surface area contributed by atoms with Crippen molar-refractivity contribution >= 4 is 21.9 Å². The fourth-order valence-corrected chi connectivity index (χ4v) is 1.80. The summed E-state index contributed by atoms with van der Waals surface area (Å²) in [6, 6.07) is 5.06. The summed E-state index contributed by atoms with van der Waals surface area (Å²) in [7, 11) is 0. The second kappa shape index (κ2) is 4.23. The van der Waals surface area contributed by atoms with Crippen LogP contribution in [0.1, 0.15) is 29.6 Å². The molecule has 0 atom stereocenters. The van der Waals surface area contributed by atoms with E-state index in [4.69, 9.17) is 9.84 Å². The van der Waals surface area contributed by atoms with E-state index < -0.39 is 5.97 Å². The summed E-state index contributed by atoms with van der Waals surface area (Å²) in [5.74, 6) is -0.485. The van der Waals surface area contributed by atoms with Crippen molar-refractivity contribution in [2.75, 3.05) is 0 Å². The maximum absolute atomic E-state index is 11.0. The highest BCUT2D eigenvalue weighted by molar-refractivity contribution is 9.10. The zero-order valence-corrected chi connectivity index (χ0v) is 9.66. The van der Waals surface area contributed by atoms with Gasteiger partial charge in [-0.25, -0.2) is 4.79 Å². The number of carbonyl (C=O) groups is 1. The van der Waals surface area contributed by atoms with Crippen molar-refractivity contribution in [1.82, 2.24) is 0 Å². The minimum absolute atomic E-state index is 0.198. The summed E-state index contributed by atoms with van der Waals surface area (Å²) in [6.07, 6.45) is 3.41. The summed E-state index contributed by atoms with van der Waals surface area (Å²) in [6.45, 7) is 0. The summed E-state index contributed by atoms with van der Waals surface area (Å²) in [5.41, 5.74) is 0.219. The van der Waals surface area contributed by atoms with Gasteiger partial charge in [-0.15, -0.1) is 0 Å². The van der Waals surface area contributed by atoms with Crippen molar-refractivity contribution in [1.29, 1.82) is 0 Å². The van der Waals surface area contributed by atoms with Crippen LogP contribution < -0.4 is 4.74 Å². The van der Waals surface area contributed by atoms with Gasteiger partial charge in [0.2, 0.25) is 0 Å². The number of rotatable bonds is 3. The topological polar surface area (TPSA) is 46.5 Å². The van der Waals surface area contributed by atoms with Crippen LogP contribution in [0.25, 0.3) is 0 Å². The van der Waals surface area contributed by atoms with E-state index in [1.807, 2.05) is 0 Å². The zero-order chi connectivity index (χ0) is 10.8. The predicted molar refractivity (Wildman–Crippen MR) is 59.4 cm³/mol. The van der Waals surface area contributed by atoms with E-state index in [0.29, 0.717) is 5.75 Å². The molecule has 1 saturated carbocycles. The van der Waals surface area contributed by atoms with Crippen LogP contribution >= 0.6 is 15.9 Å². The first-order valence-corrected chi connectivity index (χ1v) is 5.65. The average molecular weight is 271 g/mol. The second-order valence-electron chi connectivity index (χ2n) is 3.62. The van der Waals surface area contributed by atoms with Crippen molar-refractivity contribution in [2.45, 2.75) is 25.4 Å². The minimum Gasteiger partial charge on any atom is -0.490 e. The maximum Gasteiger partial charge on any atom is 0.339 e. The standard InChI is InChI=1S/C11H11BrO3/c12-7-4-5-10(9(6-7)11(13)14)15-8-2-1-3-8/h4-6,8H,1-3H2,(H,13,14). The van der Waals surface area contributed by atoms with Gasteiger partial charge in [0.15, 0.2) is 0 Å². The zero-order valence-electron chi connectivity index (χ0n) is 8.07. The van der Waals surface area contributed by atoms with Crippen LogP contribution in [0.2, 0.25) is 0 Å². The molecule has 0 spiro atoms. The van der Waals surface area contributed by atoms with Crippen molar-refractivity contribution in [3.63, 3.8) is 0 Å². The van der Waals surface area contributed by atoms with Gasteiger partial charge in [0, 0.05) is 4.47 Å². The molecule has 1 aromatic carbocycles. The Hall–Kier alpha value is -1.03. The van der Waals surface area contributed by atoms with Crippen LogP contribution in [0.4, 0.5) is 0 Å². The lowest BCUT2D eigenvalue weighted by atomic mass is 9.96. The molecule has 1 aromatic rings. The van der Waals surface area contributed by atoms with Gasteiger partial charge in [-0.1, -0.05) is 15.9 Å². The lowest BCUT2D eigenvalue weighted by Gasteiger charge is -2.27. The molecule has 3 nitrogen and oxygen atoms in total. The summed E-state index contributed by atoms with van der Waals surface area (Å²) in [5, 5.41) is 8.99. The molecule has 0 saturated heterocycles. The van der Waals surface area contributed by atoms with Gasteiger partial charge < -0.3 is 9.84 Å². The molecule has 1 aliphatic rings. The van der Waals surface area contributed by atoms with Crippen molar-refractivity contribution in [2.24, 2.45) is 0 Å². The van der Waals surface area contributed by atoms with E-state index in [9.17, 15) is 4.79 Å². The van der Waals surface area contributed by atoms with E-state index in [-0.39, 0.29) is 11.7 Å². The van der Waals surface area contributed by atoms with Crippen LogP contribution in [0.5, 0.6) is 5.75 Å². The number of ether oxygens (including phenoxy) is 1. The lowest BCUT2D eigenvalue weighted by molar-refractivity contribution is 0.0679. The molecule has 0 radical (unpaired) electrons. The third kappa shape index (κ3) is 2.31. The Kier molecular flexibility index (Phi) is 2.95. The smallest absolute Gasteiger partial charge is 0.339 e. The third-order valence-electron chi connectivity index (χ3n) is 2.52. The van der Waals surface area contributed by atoms with Crippen molar-refractivity contribution in [3.05, 3.63) is 28.2 Å². The average Bonchev–Trinajstić information content (AvgIpc) is 2.12. The molecule has 2 rings (SSSR count). The summed E-state index contributed by atoms with van der Waals surface area (Å²) in [4.78, 5) is 11.0. The van der Waals surface area contributed by atoms with E-state index in [1.54, 1.807) is 18.2 Å². The van der Waals surface area contributed by atoms with Gasteiger partial charge in [0.1, 0.15) is 11.3 Å². The van der Waals surface area contributed by atoms with E-state index in [1.165, 1.54) is 6.42 Å². The highest BCUT2D eigenvalue weighted by atomic mass is 79.9. The Morgan fingerprint density at radius 3 is 2.73 bits per heavy atom. The first-order chi connectivity index (χ1) is 7.16. The monoisotopic (exact) mass is 270 g/mol. The molecule has 0 aliphatic heterocycles. The number of hydrogen-bond acceptors (Lipinski definition) is 2. The fourth-order valence-electron chi connectivity index (χ4n) is 1.44. The van der Waals surface area contributed by atoms with E-state index >= 15 is 0 Å². The molecular formula is C11H11BrO3. The Labute approximate surface area is 96.2 Å². The second-order valence-corrected chi connectivity index (χ2v) is 4.53. The summed E-state index contributed by atoms with van der Waals surface area (Å²) >= 11 is 3.24. The number of carboxylic acid groups (broad SMARTS) is 1. The SMILES string of the molecule is O=C(O)c1cc(Br)ccc1OC1CCC1. The molecule has 0 amide bonds. The van der Waals surface area contributed by atoms with Crippen molar-refractivity contribution in [3.8, 4) is 5.75 Å². The van der Waals surface area contributed by atoms with Crippen LogP contribution in [-0.2, 0) is 0 Å². The van der Waals surface area contributed by atoms with Crippen LogP contribution in [0, 0.1) is 0 Å². The third-order valence-corrected chi connectivity index (χ3v) is 3.01. The molecular weight excluding hydrogens is 260 g/mol. The highest BCUT2D eigenvalue weighted by Crippen LogP contribution is 2.29. The first kappa shape index (κ1) is 10.5. The van der Waals surface area contributed by atoms with E-state index in [2.05, 4.69) is 15.9 Å². The van der Waals surface area contributed by atoms with Gasteiger partial charge in [0.25, 0.3) is 0 Å². The molecule has 1 fully saturated rings.